The molecular formula is C12H18N2O3. The van der Waals surface area contributed by atoms with Gasteiger partial charge in [0.25, 0.3) is 0 Å². The van der Waals surface area contributed by atoms with Crippen molar-refractivity contribution in [2.45, 2.75) is 26.4 Å². The van der Waals surface area contributed by atoms with Crippen LogP contribution >= 0.6 is 0 Å². The van der Waals surface area contributed by atoms with Crippen molar-refractivity contribution in [1.29, 1.82) is 0 Å². The van der Waals surface area contributed by atoms with Crippen LogP contribution in [0.25, 0.3) is 0 Å². The summed E-state index contributed by atoms with van der Waals surface area (Å²) in [5, 5.41) is 24.5. The lowest BCUT2D eigenvalue weighted by atomic mass is 10.1. The lowest BCUT2D eigenvalue weighted by Crippen LogP contribution is -2.41. The summed E-state index contributed by atoms with van der Waals surface area (Å²) in [4.78, 5) is 11.4. The van der Waals surface area contributed by atoms with Crippen molar-refractivity contribution in [2.24, 2.45) is 0 Å². The van der Waals surface area contributed by atoms with Crippen LogP contribution in [-0.2, 0) is 11.3 Å². The van der Waals surface area contributed by atoms with E-state index in [1.54, 1.807) is 19.1 Å². The minimum absolute atomic E-state index is 0.0906. The molecule has 4 N–H and O–H groups in total. The van der Waals surface area contributed by atoms with Crippen molar-refractivity contribution in [2.75, 3.05) is 6.54 Å². The number of nitrogens with one attached hydrogen (secondary N) is 2. The van der Waals surface area contributed by atoms with Crippen LogP contribution in [0, 0.1) is 0 Å². The highest BCUT2D eigenvalue weighted by atomic mass is 16.3. The van der Waals surface area contributed by atoms with E-state index in [9.17, 15) is 15.0 Å². The molecule has 0 aliphatic carbocycles. The molecule has 0 bridgehead atoms. The summed E-state index contributed by atoms with van der Waals surface area (Å²) in [6.07, 6.45) is 0. The molecule has 94 valence electrons. The van der Waals surface area contributed by atoms with Crippen LogP contribution < -0.4 is 10.6 Å². The first kappa shape index (κ1) is 13.3. The fourth-order valence-corrected chi connectivity index (χ4v) is 1.40. The van der Waals surface area contributed by atoms with Gasteiger partial charge in [-0.3, -0.25) is 4.79 Å². The monoisotopic (exact) mass is 238 g/mol. The topological polar surface area (TPSA) is 81.6 Å². The smallest absolute Gasteiger partial charge is 0.236 e. The predicted molar refractivity (Wildman–Crippen MR) is 64.8 cm³/mol. The van der Waals surface area contributed by atoms with E-state index in [4.69, 9.17) is 0 Å². The van der Waals surface area contributed by atoms with Gasteiger partial charge in [-0.2, -0.15) is 0 Å². The number of phenols is 2. The zero-order chi connectivity index (χ0) is 12.8. The first-order chi connectivity index (χ1) is 8.06. The number of likely N-dealkylation sites (N-methyl/N-ethyl adjacent to an activating group) is 1. The highest BCUT2D eigenvalue weighted by Gasteiger charge is 2.12. The number of carbonyl (C=O) groups is 1. The summed E-state index contributed by atoms with van der Waals surface area (Å²) < 4.78 is 0. The van der Waals surface area contributed by atoms with Gasteiger partial charge < -0.3 is 20.8 Å². The Morgan fingerprint density at radius 2 is 2.12 bits per heavy atom. The third-order valence-corrected chi connectivity index (χ3v) is 2.44. The van der Waals surface area contributed by atoms with Crippen molar-refractivity contribution >= 4 is 5.91 Å². The average molecular weight is 238 g/mol. The van der Waals surface area contributed by atoms with Crippen molar-refractivity contribution in [3.8, 4) is 11.5 Å². The molecule has 0 saturated carbocycles. The van der Waals surface area contributed by atoms with E-state index in [0.717, 1.165) is 0 Å². The Kier molecular flexibility index (Phi) is 4.78. The number of carbonyl (C=O) groups excluding carboxylic acids is 1. The molecule has 1 aromatic rings. The predicted octanol–water partition coefficient (Wildman–Crippen LogP) is 0.712. The molecule has 1 aromatic carbocycles. The van der Waals surface area contributed by atoms with Crippen LogP contribution in [-0.4, -0.2) is 28.7 Å². The maximum atomic E-state index is 11.4. The maximum Gasteiger partial charge on any atom is 0.236 e. The minimum atomic E-state index is -0.350. The summed E-state index contributed by atoms with van der Waals surface area (Å²) in [6, 6.07) is 4.39. The summed E-state index contributed by atoms with van der Waals surface area (Å²) in [6.45, 7) is 4.50. The van der Waals surface area contributed by atoms with Gasteiger partial charge in [-0.15, -0.1) is 0 Å². The Hall–Kier alpha value is -1.75. The van der Waals surface area contributed by atoms with Gasteiger partial charge in [0.2, 0.25) is 5.91 Å². The quantitative estimate of drug-likeness (QED) is 0.569. The fourth-order valence-electron chi connectivity index (χ4n) is 1.40. The number of phenolic OH excluding ortho intramolecular Hbond substituents is 2. The van der Waals surface area contributed by atoms with Crippen LogP contribution in [0.2, 0.25) is 0 Å². The first-order valence-electron chi connectivity index (χ1n) is 5.57. The van der Waals surface area contributed by atoms with E-state index >= 15 is 0 Å². The maximum absolute atomic E-state index is 11.4. The third kappa shape index (κ3) is 3.64. The number of aromatic hydroxyl groups is 2. The molecule has 1 atom stereocenters. The second kappa shape index (κ2) is 6.10. The molecule has 1 amide bonds. The standard InChI is InChI=1S/C12H18N2O3/c1-3-13-12(17)8(2)14-7-9-5-4-6-10(15)11(9)16/h4-6,8,14-16H,3,7H2,1-2H3,(H,13,17). The van der Waals surface area contributed by atoms with E-state index in [0.29, 0.717) is 18.7 Å². The molecule has 0 radical (unpaired) electrons. The van der Waals surface area contributed by atoms with E-state index in [1.165, 1.54) is 6.07 Å². The Balaban J connectivity index is 2.56. The molecule has 0 aromatic heterocycles. The van der Waals surface area contributed by atoms with E-state index in [-0.39, 0.29) is 23.4 Å². The number of para-hydroxylation sites is 1. The Bertz CT molecular complexity index is 393. The molecule has 5 nitrogen and oxygen atoms in total. The SMILES string of the molecule is CCNC(=O)C(C)NCc1cccc(O)c1O. The van der Waals surface area contributed by atoms with Crippen molar-refractivity contribution in [1.82, 2.24) is 10.6 Å². The Morgan fingerprint density at radius 3 is 2.76 bits per heavy atom. The van der Waals surface area contributed by atoms with Gasteiger partial charge in [-0.1, -0.05) is 12.1 Å². The van der Waals surface area contributed by atoms with Gasteiger partial charge in [0.05, 0.1) is 6.04 Å². The molecule has 0 heterocycles. The van der Waals surface area contributed by atoms with Gasteiger partial charge >= 0.3 is 0 Å². The summed E-state index contributed by atoms with van der Waals surface area (Å²) in [5.41, 5.74) is 0.557. The lowest BCUT2D eigenvalue weighted by molar-refractivity contribution is -0.122. The molecule has 0 fully saturated rings. The number of benzene rings is 1. The van der Waals surface area contributed by atoms with E-state index in [1.807, 2.05) is 6.92 Å². The summed E-state index contributed by atoms with van der Waals surface area (Å²) in [5.74, 6) is -0.398. The van der Waals surface area contributed by atoms with Crippen LogP contribution in [0.1, 0.15) is 19.4 Å². The van der Waals surface area contributed by atoms with Crippen LogP contribution in [0.5, 0.6) is 11.5 Å². The normalized spacial score (nSPS) is 12.1. The Morgan fingerprint density at radius 1 is 1.41 bits per heavy atom. The van der Waals surface area contributed by atoms with Crippen molar-refractivity contribution in [3.63, 3.8) is 0 Å². The van der Waals surface area contributed by atoms with Crippen molar-refractivity contribution in [3.05, 3.63) is 23.8 Å². The van der Waals surface area contributed by atoms with E-state index in [2.05, 4.69) is 10.6 Å². The number of rotatable bonds is 5. The average Bonchev–Trinajstić information content (AvgIpc) is 2.31. The van der Waals surface area contributed by atoms with Crippen molar-refractivity contribution < 1.29 is 15.0 Å². The minimum Gasteiger partial charge on any atom is -0.504 e. The van der Waals surface area contributed by atoms with E-state index < -0.39 is 0 Å². The summed E-state index contributed by atoms with van der Waals surface area (Å²) in [7, 11) is 0. The molecule has 0 spiro atoms. The van der Waals surface area contributed by atoms with Crippen LogP contribution in [0.15, 0.2) is 18.2 Å². The van der Waals surface area contributed by atoms with Gasteiger partial charge in [0, 0.05) is 18.7 Å². The highest BCUT2D eigenvalue weighted by Crippen LogP contribution is 2.27. The molecule has 1 rings (SSSR count). The number of hydrogen-bond acceptors (Lipinski definition) is 4. The molecule has 5 heteroatoms. The van der Waals surface area contributed by atoms with Gasteiger partial charge in [-0.05, 0) is 19.9 Å². The molecule has 0 saturated heterocycles. The molecular weight excluding hydrogens is 220 g/mol. The van der Waals surface area contributed by atoms with Crippen LogP contribution in [0.3, 0.4) is 0 Å². The zero-order valence-corrected chi connectivity index (χ0v) is 10.0. The van der Waals surface area contributed by atoms with Gasteiger partial charge in [-0.25, -0.2) is 0 Å². The molecule has 1 unspecified atom stereocenters. The second-order valence-corrected chi connectivity index (χ2v) is 3.78. The van der Waals surface area contributed by atoms with Gasteiger partial charge in [0.15, 0.2) is 11.5 Å². The molecule has 0 aliphatic rings. The first-order valence-corrected chi connectivity index (χ1v) is 5.57. The fraction of sp³-hybridized carbons (Fsp3) is 0.417. The third-order valence-electron chi connectivity index (χ3n) is 2.44. The molecule has 0 aliphatic heterocycles. The van der Waals surface area contributed by atoms with Gasteiger partial charge in [0.1, 0.15) is 0 Å². The summed E-state index contributed by atoms with van der Waals surface area (Å²) >= 11 is 0. The number of amides is 1. The van der Waals surface area contributed by atoms with Crippen LogP contribution in [0.4, 0.5) is 0 Å². The largest absolute Gasteiger partial charge is 0.504 e. The Labute approximate surface area is 100 Å². The highest BCUT2D eigenvalue weighted by molar-refractivity contribution is 5.81. The second-order valence-electron chi connectivity index (χ2n) is 3.78. The number of hydrogen-bond donors (Lipinski definition) is 4. The molecule has 17 heavy (non-hydrogen) atoms. The zero-order valence-electron chi connectivity index (χ0n) is 10.0. The lowest BCUT2D eigenvalue weighted by Gasteiger charge is -2.14.